The van der Waals surface area contributed by atoms with Crippen molar-refractivity contribution in [3.63, 3.8) is 0 Å². The van der Waals surface area contributed by atoms with Crippen LogP contribution in [0.3, 0.4) is 0 Å². The van der Waals surface area contributed by atoms with Gasteiger partial charge in [-0.25, -0.2) is 0 Å². The summed E-state index contributed by atoms with van der Waals surface area (Å²) >= 11 is 0. The number of hydrogen-bond acceptors (Lipinski definition) is 3. The van der Waals surface area contributed by atoms with E-state index < -0.39 is 0 Å². The summed E-state index contributed by atoms with van der Waals surface area (Å²) < 4.78 is 11.2. The number of rotatable bonds is 3. The van der Waals surface area contributed by atoms with E-state index in [0.29, 0.717) is 6.61 Å². The maximum Gasteiger partial charge on any atom is 0.165 e. The lowest BCUT2D eigenvalue weighted by atomic mass is 10.0. The topological polar surface area (TPSA) is 44.5 Å². The average Bonchev–Trinajstić information content (AvgIpc) is 2.27. The molecule has 0 saturated carbocycles. The summed E-state index contributed by atoms with van der Waals surface area (Å²) in [5, 5.41) is 0. The summed E-state index contributed by atoms with van der Waals surface area (Å²) in [6, 6.07) is 6.00. The molecular formula is C12H17NO2. The molecule has 2 rings (SSSR count). The van der Waals surface area contributed by atoms with Gasteiger partial charge in [0.15, 0.2) is 11.5 Å². The molecular weight excluding hydrogens is 190 g/mol. The lowest BCUT2D eigenvalue weighted by molar-refractivity contribution is 0.239. The maximum absolute atomic E-state index is 6.01. The van der Waals surface area contributed by atoms with E-state index in [1.54, 1.807) is 0 Å². The van der Waals surface area contributed by atoms with Crippen molar-refractivity contribution in [1.82, 2.24) is 0 Å². The molecule has 1 atom stereocenters. The summed E-state index contributed by atoms with van der Waals surface area (Å²) in [5.41, 5.74) is 7.07. The Morgan fingerprint density at radius 3 is 3.20 bits per heavy atom. The van der Waals surface area contributed by atoms with Crippen LogP contribution in [-0.4, -0.2) is 13.2 Å². The second-order valence-electron chi connectivity index (χ2n) is 3.77. The normalized spacial score (nSPS) is 19.2. The Labute approximate surface area is 90.2 Å². The molecule has 0 amide bonds. The number of hydrogen-bond donors (Lipinski definition) is 1. The van der Waals surface area contributed by atoms with Crippen molar-refractivity contribution in [2.75, 3.05) is 13.2 Å². The number of nitrogens with two attached hydrogens (primary N) is 1. The van der Waals surface area contributed by atoms with E-state index in [1.165, 1.54) is 0 Å². The van der Waals surface area contributed by atoms with Crippen LogP contribution in [0.15, 0.2) is 18.2 Å². The van der Waals surface area contributed by atoms with Crippen LogP contribution in [0.5, 0.6) is 11.5 Å². The van der Waals surface area contributed by atoms with Crippen molar-refractivity contribution in [2.45, 2.75) is 25.8 Å². The molecule has 1 heterocycles. The van der Waals surface area contributed by atoms with E-state index in [9.17, 15) is 0 Å². The molecule has 0 unspecified atom stereocenters. The van der Waals surface area contributed by atoms with Gasteiger partial charge in [-0.2, -0.15) is 0 Å². The Bertz CT molecular complexity index is 338. The molecule has 0 saturated heterocycles. The van der Waals surface area contributed by atoms with E-state index in [1.807, 2.05) is 18.2 Å². The molecule has 15 heavy (non-hydrogen) atoms. The molecule has 0 aliphatic carbocycles. The molecule has 2 N–H and O–H groups in total. The molecule has 3 nitrogen and oxygen atoms in total. The first-order valence-electron chi connectivity index (χ1n) is 5.47. The SMILES string of the molecule is CCCOc1cccc2c1OCC[C@H]2N. The van der Waals surface area contributed by atoms with Gasteiger partial charge < -0.3 is 15.2 Å². The van der Waals surface area contributed by atoms with Gasteiger partial charge in [0.1, 0.15) is 0 Å². The van der Waals surface area contributed by atoms with Gasteiger partial charge in [-0.15, -0.1) is 0 Å². The van der Waals surface area contributed by atoms with Crippen LogP contribution in [0, 0.1) is 0 Å². The monoisotopic (exact) mass is 207 g/mol. The molecule has 0 radical (unpaired) electrons. The molecule has 82 valence electrons. The minimum Gasteiger partial charge on any atom is -0.490 e. The van der Waals surface area contributed by atoms with Gasteiger partial charge in [0, 0.05) is 18.0 Å². The number of ether oxygens (including phenoxy) is 2. The second-order valence-corrected chi connectivity index (χ2v) is 3.77. The van der Waals surface area contributed by atoms with Crippen LogP contribution >= 0.6 is 0 Å². The summed E-state index contributed by atoms with van der Waals surface area (Å²) in [5.74, 6) is 1.66. The van der Waals surface area contributed by atoms with E-state index in [-0.39, 0.29) is 6.04 Å². The zero-order valence-electron chi connectivity index (χ0n) is 9.03. The summed E-state index contributed by atoms with van der Waals surface area (Å²) in [6.07, 6.45) is 1.87. The lowest BCUT2D eigenvalue weighted by Crippen LogP contribution is -2.21. The van der Waals surface area contributed by atoms with E-state index in [4.69, 9.17) is 15.2 Å². The molecule has 0 bridgehead atoms. The summed E-state index contributed by atoms with van der Waals surface area (Å²) in [4.78, 5) is 0. The first-order valence-corrected chi connectivity index (χ1v) is 5.47. The minimum absolute atomic E-state index is 0.0823. The molecule has 1 aromatic carbocycles. The molecule has 3 heteroatoms. The highest BCUT2D eigenvalue weighted by atomic mass is 16.5. The predicted molar refractivity (Wildman–Crippen MR) is 59.3 cm³/mol. The average molecular weight is 207 g/mol. The van der Waals surface area contributed by atoms with E-state index in [2.05, 4.69) is 6.92 Å². The number of fused-ring (bicyclic) bond motifs is 1. The zero-order valence-corrected chi connectivity index (χ0v) is 9.03. The van der Waals surface area contributed by atoms with Gasteiger partial charge in [-0.1, -0.05) is 19.1 Å². The molecule has 0 aromatic heterocycles. The van der Waals surface area contributed by atoms with Crippen molar-refractivity contribution >= 4 is 0 Å². The van der Waals surface area contributed by atoms with Crippen LogP contribution in [0.25, 0.3) is 0 Å². The van der Waals surface area contributed by atoms with Gasteiger partial charge >= 0.3 is 0 Å². The smallest absolute Gasteiger partial charge is 0.165 e. The van der Waals surface area contributed by atoms with Crippen LogP contribution in [0.4, 0.5) is 0 Å². The van der Waals surface area contributed by atoms with Crippen LogP contribution in [-0.2, 0) is 0 Å². The quantitative estimate of drug-likeness (QED) is 0.826. The van der Waals surface area contributed by atoms with Crippen LogP contribution < -0.4 is 15.2 Å². The minimum atomic E-state index is 0.0823. The molecule has 0 fully saturated rings. The first kappa shape index (κ1) is 10.3. The Kier molecular flexibility index (Phi) is 3.11. The predicted octanol–water partition coefficient (Wildman–Crippen LogP) is 2.26. The first-order chi connectivity index (χ1) is 7.33. The third kappa shape index (κ3) is 2.07. The fourth-order valence-corrected chi connectivity index (χ4v) is 1.75. The highest BCUT2D eigenvalue weighted by Crippen LogP contribution is 2.38. The Morgan fingerprint density at radius 1 is 1.53 bits per heavy atom. The number of para-hydroxylation sites is 1. The van der Waals surface area contributed by atoms with Gasteiger partial charge in [0.25, 0.3) is 0 Å². The molecule has 1 aliphatic rings. The third-order valence-corrected chi connectivity index (χ3v) is 2.55. The second kappa shape index (κ2) is 4.53. The Morgan fingerprint density at radius 2 is 2.40 bits per heavy atom. The van der Waals surface area contributed by atoms with Gasteiger partial charge in [0.2, 0.25) is 0 Å². The van der Waals surface area contributed by atoms with Crippen molar-refractivity contribution < 1.29 is 9.47 Å². The highest BCUT2D eigenvalue weighted by molar-refractivity contribution is 5.48. The fourth-order valence-electron chi connectivity index (χ4n) is 1.75. The van der Waals surface area contributed by atoms with E-state index >= 15 is 0 Å². The maximum atomic E-state index is 6.01. The molecule has 1 aromatic rings. The van der Waals surface area contributed by atoms with Gasteiger partial charge in [-0.05, 0) is 12.5 Å². The van der Waals surface area contributed by atoms with Crippen LogP contribution in [0.2, 0.25) is 0 Å². The zero-order chi connectivity index (χ0) is 10.7. The standard InChI is InChI=1S/C12H17NO2/c1-2-7-14-11-5-3-4-9-10(13)6-8-15-12(9)11/h3-5,10H,2,6-8,13H2,1H3/t10-/m1/s1. The van der Waals surface area contributed by atoms with Crippen molar-refractivity contribution in [1.29, 1.82) is 0 Å². The highest BCUT2D eigenvalue weighted by Gasteiger charge is 2.21. The van der Waals surface area contributed by atoms with Gasteiger partial charge in [0.05, 0.1) is 13.2 Å². The molecule has 0 spiro atoms. The van der Waals surface area contributed by atoms with Crippen LogP contribution in [0.1, 0.15) is 31.4 Å². The Balaban J connectivity index is 2.27. The fraction of sp³-hybridized carbons (Fsp3) is 0.500. The van der Waals surface area contributed by atoms with Gasteiger partial charge in [-0.3, -0.25) is 0 Å². The Hall–Kier alpha value is -1.22. The lowest BCUT2D eigenvalue weighted by Gasteiger charge is -2.24. The largest absolute Gasteiger partial charge is 0.490 e. The van der Waals surface area contributed by atoms with E-state index in [0.717, 1.165) is 36.5 Å². The summed E-state index contributed by atoms with van der Waals surface area (Å²) in [7, 11) is 0. The number of benzene rings is 1. The van der Waals surface area contributed by atoms with Crippen molar-refractivity contribution in [2.24, 2.45) is 5.73 Å². The third-order valence-electron chi connectivity index (χ3n) is 2.55. The van der Waals surface area contributed by atoms with Crippen molar-refractivity contribution in [3.8, 4) is 11.5 Å². The molecule has 1 aliphatic heterocycles. The summed E-state index contributed by atoms with van der Waals surface area (Å²) in [6.45, 7) is 3.48. The van der Waals surface area contributed by atoms with Crippen molar-refractivity contribution in [3.05, 3.63) is 23.8 Å².